The third-order valence-electron chi connectivity index (χ3n) is 2.71. The SMILES string of the molecule is O=c1cccc2nc(Cc3cccc(O)c3)[nH]n12. The number of aromatic hydroxyl groups is 1. The van der Waals surface area contributed by atoms with Crippen molar-refractivity contribution in [3.63, 3.8) is 0 Å². The van der Waals surface area contributed by atoms with Gasteiger partial charge in [-0.2, -0.15) is 0 Å². The molecule has 3 aromatic rings. The first-order valence-electron chi connectivity index (χ1n) is 5.57. The van der Waals surface area contributed by atoms with Crippen LogP contribution in [0.5, 0.6) is 5.75 Å². The van der Waals surface area contributed by atoms with Crippen molar-refractivity contribution in [2.75, 3.05) is 0 Å². The Hall–Kier alpha value is -2.56. The van der Waals surface area contributed by atoms with Gasteiger partial charge in [-0.15, -0.1) is 0 Å². The number of rotatable bonds is 2. The molecular formula is C13H11N3O2. The number of H-pyrrole nitrogens is 1. The predicted octanol–water partition coefficient (Wildman–Crippen LogP) is 1.32. The monoisotopic (exact) mass is 241 g/mol. The Morgan fingerprint density at radius 1 is 1.22 bits per heavy atom. The fraction of sp³-hybridized carbons (Fsp3) is 0.0769. The second kappa shape index (κ2) is 4.03. The normalized spacial score (nSPS) is 10.9. The van der Waals surface area contributed by atoms with Crippen LogP contribution in [-0.2, 0) is 6.42 Å². The van der Waals surface area contributed by atoms with E-state index >= 15 is 0 Å². The average Bonchev–Trinajstić information content (AvgIpc) is 2.73. The van der Waals surface area contributed by atoms with E-state index in [1.165, 1.54) is 10.6 Å². The number of pyridine rings is 1. The lowest BCUT2D eigenvalue weighted by Gasteiger charge is -1.98. The van der Waals surface area contributed by atoms with Crippen LogP contribution in [0.3, 0.4) is 0 Å². The molecule has 1 aromatic carbocycles. The first-order valence-corrected chi connectivity index (χ1v) is 5.57. The van der Waals surface area contributed by atoms with Gasteiger partial charge in [0.15, 0.2) is 5.65 Å². The highest BCUT2D eigenvalue weighted by Gasteiger charge is 2.04. The van der Waals surface area contributed by atoms with Crippen LogP contribution < -0.4 is 5.56 Å². The minimum Gasteiger partial charge on any atom is -0.508 e. The zero-order chi connectivity index (χ0) is 12.5. The number of fused-ring (bicyclic) bond motifs is 1. The van der Waals surface area contributed by atoms with E-state index < -0.39 is 0 Å². The molecule has 0 aliphatic rings. The molecule has 0 unspecified atom stereocenters. The van der Waals surface area contributed by atoms with Crippen LogP contribution in [0.15, 0.2) is 47.3 Å². The Kier molecular flexibility index (Phi) is 2.37. The van der Waals surface area contributed by atoms with E-state index in [0.717, 1.165) is 5.56 Å². The van der Waals surface area contributed by atoms with Gasteiger partial charge in [-0.1, -0.05) is 18.2 Å². The molecular weight excluding hydrogens is 230 g/mol. The van der Waals surface area contributed by atoms with Crippen molar-refractivity contribution >= 4 is 5.65 Å². The molecule has 90 valence electrons. The summed E-state index contributed by atoms with van der Waals surface area (Å²) in [5, 5.41) is 12.3. The van der Waals surface area contributed by atoms with Gasteiger partial charge >= 0.3 is 0 Å². The van der Waals surface area contributed by atoms with E-state index in [4.69, 9.17) is 0 Å². The number of aromatic nitrogens is 3. The predicted molar refractivity (Wildman–Crippen MR) is 66.7 cm³/mol. The maximum absolute atomic E-state index is 11.6. The molecule has 3 rings (SSSR count). The Morgan fingerprint density at radius 3 is 2.83 bits per heavy atom. The molecule has 2 heterocycles. The fourth-order valence-electron chi connectivity index (χ4n) is 1.91. The highest BCUT2D eigenvalue weighted by atomic mass is 16.3. The standard InChI is InChI=1S/C13H11N3O2/c17-10-4-1-3-9(7-10)8-11-14-12-5-2-6-13(18)16(12)15-11/h1-7,17H,8H2,(H,14,15). The Bertz CT molecular complexity index is 758. The Morgan fingerprint density at radius 2 is 2.06 bits per heavy atom. The smallest absolute Gasteiger partial charge is 0.271 e. The number of hydrogen-bond acceptors (Lipinski definition) is 3. The topological polar surface area (TPSA) is 70.4 Å². The molecule has 5 heteroatoms. The molecule has 18 heavy (non-hydrogen) atoms. The van der Waals surface area contributed by atoms with Crippen LogP contribution in [0.4, 0.5) is 0 Å². The molecule has 0 aliphatic heterocycles. The maximum Gasteiger partial charge on any atom is 0.271 e. The number of benzene rings is 1. The van der Waals surface area contributed by atoms with E-state index in [1.807, 2.05) is 6.07 Å². The zero-order valence-electron chi connectivity index (χ0n) is 9.50. The largest absolute Gasteiger partial charge is 0.508 e. The number of nitrogens with one attached hydrogen (secondary N) is 1. The van der Waals surface area contributed by atoms with E-state index in [2.05, 4.69) is 10.1 Å². The summed E-state index contributed by atoms with van der Waals surface area (Å²) in [4.78, 5) is 15.9. The average molecular weight is 241 g/mol. The van der Waals surface area contributed by atoms with Crippen molar-refractivity contribution in [1.29, 1.82) is 0 Å². The third kappa shape index (κ3) is 1.86. The van der Waals surface area contributed by atoms with Gasteiger partial charge in [0.05, 0.1) is 0 Å². The summed E-state index contributed by atoms with van der Waals surface area (Å²) >= 11 is 0. The Balaban J connectivity index is 2.01. The van der Waals surface area contributed by atoms with Crippen LogP contribution >= 0.6 is 0 Å². The molecule has 2 aromatic heterocycles. The summed E-state index contributed by atoms with van der Waals surface area (Å²) in [7, 11) is 0. The van der Waals surface area contributed by atoms with E-state index in [1.54, 1.807) is 30.3 Å². The van der Waals surface area contributed by atoms with Crippen molar-refractivity contribution in [3.8, 4) is 5.75 Å². The van der Waals surface area contributed by atoms with Gasteiger partial charge in [-0.25, -0.2) is 9.50 Å². The minimum absolute atomic E-state index is 0.137. The summed E-state index contributed by atoms with van der Waals surface area (Å²) in [5.74, 6) is 0.907. The van der Waals surface area contributed by atoms with Crippen LogP contribution in [0.1, 0.15) is 11.4 Å². The first kappa shape index (κ1) is 10.6. The molecule has 0 saturated carbocycles. The van der Waals surface area contributed by atoms with Crippen molar-refractivity contribution in [3.05, 3.63) is 64.2 Å². The van der Waals surface area contributed by atoms with Gasteiger partial charge in [0.1, 0.15) is 11.6 Å². The fourth-order valence-corrected chi connectivity index (χ4v) is 1.91. The molecule has 0 aliphatic carbocycles. The van der Waals surface area contributed by atoms with Crippen LogP contribution in [0, 0.1) is 0 Å². The summed E-state index contributed by atoms with van der Waals surface area (Å²) in [6.07, 6.45) is 0.537. The molecule has 5 nitrogen and oxygen atoms in total. The van der Waals surface area contributed by atoms with Gasteiger partial charge in [0.25, 0.3) is 5.56 Å². The number of nitrogens with zero attached hydrogens (tertiary/aromatic N) is 2. The van der Waals surface area contributed by atoms with Crippen molar-refractivity contribution < 1.29 is 5.11 Å². The van der Waals surface area contributed by atoms with Gasteiger partial charge in [0.2, 0.25) is 0 Å². The molecule has 0 spiro atoms. The maximum atomic E-state index is 11.6. The third-order valence-corrected chi connectivity index (χ3v) is 2.71. The van der Waals surface area contributed by atoms with E-state index in [-0.39, 0.29) is 11.3 Å². The Labute approximate surface area is 102 Å². The highest BCUT2D eigenvalue weighted by Crippen LogP contribution is 2.13. The number of aromatic amines is 1. The number of phenols is 1. The van der Waals surface area contributed by atoms with Crippen LogP contribution in [0.2, 0.25) is 0 Å². The van der Waals surface area contributed by atoms with Crippen molar-refractivity contribution in [1.82, 2.24) is 14.6 Å². The molecule has 0 bridgehead atoms. The lowest BCUT2D eigenvalue weighted by molar-refractivity contribution is 0.474. The molecule has 0 saturated heterocycles. The van der Waals surface area contributed by atoms with E-state index in [9.17, 15) is 9.90 Å². The molecule has 0 fully saturated rings. The molecule has 2 N–H and O–H groups in total. The number of hydrogen-bond donors (Lipinski definition) is 2. The van der Waals surface area contributed by atoms with Crippen LogP contribution in [-0.4, -0.2) is 19.7 Å². The zero-order valence-corrected chi connectivity index (χ0v) is 9.50. The quantitative estimate of drug-likeness (QED) is 0.710. The van der Waals surface area contributed by atoms with E-state index in [0.29, 0.717) is 17.9 Å². The summed E-state index contributed by atoms with van der Waals surface area (Å²) in [5.41, 5.74) is 1.39. The highest BCUT2D eigenvalue weighted by molar-refractivity contribution is 5.37. The van der Waals surface area contributed by atoms with Crippen LogP contribution in [0.25, 0.3) is 5.65 Å². The molecule has 0 atom stereocenters. The lowest BCUT2D eigenvalue weighted by Crippen LogP contribution is -2.11. The summed E-state index contributed by atoms with van der Waals surface area (Å²) in [6, 6.07) is 11.9. The number of phenolic OH excluding ortho intramolecular Hbond substituents is 1. The second-order valence-corrected chi connectivity index (χ2v) is 4.07. The molecule has 0 radical (unpaired) electrons. The van der Waals surface area contributed by atoms with Gasteiger partial charge in [-0.05, 0) is 23.8 Å². The summed E-state index contributed by atoms with van der Waals surface area (Å²) in [6.45, 7) is 0. The summed E-state index contributed by atoms with van der Waals surface area (Å²) < 4.78 is 1.40. The lowest BCUT2D eigenvalue weighted by atomic mass is 10.1. The van der Waals surface area contributed by atoms with Gasteiger partial charge in [0, 0.05) is 12.5 Å². The molecule has 0 amide bonds. The van der Waals surface area contributed by atoms with Gasteiger partial charge in [-0.3, -0.25) is 9.89 Å². The minimum atomic E-state index is -0.137. The van der Waals surface area contributed by atoms with Gasteiger partial charge < -0.3 is 5.11 Å². The van der Waals surface area contributed by atoms with Crippen molar-refractivity contribution in [2.45, 2.75) is 6.42 Å². The first-order chi connectivity index (χ1) is 8.72. The second-order valence-electron chi connectivity index (χ2n) is 4.07. The van der Waals surface area contributed by atoms with Crippen molar-refractivity contribution in [2.24, 2.45) is 0 Å².